The van der Waals surface area contributed by atoms with E-state index in [9.17, 15) is 4.79 Å². The van der Waals surface area contributed by atoms with Gasteiger partial charge in [0.15, 0.2) is 5.84 Å². The number of nitrogens with two attached hydrogens (primary N) is 1. The Morgan fingerprint density at radius 3 is 2.32 bits per heavy atom. The van der Waals surface area contributed by atoms with Gasteiger partial charge in [-0.25, -0.2) is 0 Å². The highest BCUT2D eigenvalue weighted by Crippen LogP contribution is 2.24. The number of hydrogen-bond acceptors (Lipinski definition) is 3. The molecule has 4 N–H and O–H groups in total. The number of anilines is 1. The summed E-state index contributed by atoms with van der Waals surface area (Å²) in [4.78, 5) is 12.3. The summed E-state index contributed by atoms with van der Waals surface area (Å²) in [5.41, 5.74) is 7.44. The zero-order chi connectivity index (χ0) is 14.6. The van der Waals surface area contributed by atoms with Crippen molar-refractivity contribution < 1.29 is 10.0 Å². The molecule has 104 valence electrons. The monoisotopic (exact) mass is 263 g/mol. The van der Waals surface area contributed by atoms with Crippen LogP contribution in [0.15, 0.2) is 23.4 Å². The molecule has 0 spiro atoms. The standard InChI is InChI=1S/C14H21N3O2/c1-5-14(4,12(15)17-19)13(18)16-11-7-9(2)6-10(3)8-11/h6-8,19H,5H2,1-4H3,(H2,15,17)(H,16,18). The number of benzene rings is 1. The maximum absolute atomic E-state index is 12.3. The predicted molar refractivity (Wildman–Crippen MR) is 76.4 cm³/mol. The van der Waals surface area contributed by atoms with Crippen LogP contribution in [-0.2, 0) is 4.79 Å². The molecule has 1 aromatic carbocycles. The quantitative estimate of drug-likeness (QED) is 0.337. The van der Waals surface area contributed by atoms with E-state index in [0.29, 0.717) is 12.1 Å². The van der Waals surface area contributed by atoms with Crippen LogP contribution in [0.2, 0.25) is 0 Å². The van der Waals surface area contributed by atoms with Gasteiger partial charge in [0.1, 0.15) is 5.41 Å². The Bertz CT molecular complexity index is 491. The summed E-state index contributed by atoms with van der Waals surface area (Å²) in [6, 6.07) is 5.79. The smallest absolute Gasteiger partial charge is 0.238 e. The first-order chi connectivity index (χ1) is 8.83. The number of carbonyl (C=O) groups excluding carboxylic acids is 1. The van der Waals surface area contributed by atoms with Gasteiger partial charge in [-0.2, -0.15) is 0 Å². The van der Waals surface area contributed by atoms with Crippen molar-refractivity contribution in [2.45, 2.75) is 34.1 Å². The molecule has 0 saturated heterocycles. The highest BCUT2D eigenvalue weighted by molar-refractivity contribution is 6.11. The van der Waals surface area contributed by atoms with Crippen LogP contribution >= 0.6 is 0 Å². The lowest BCUT2D eigenvalue weighted by Gasteiger charge is -2.25. The van der Waals surface area contributed by atoms with Crippen LogP contribution in [0, 0.1) is 19.3 Å². The summed E-state index contributed by atoms with van der Waals surface area (Å²) >= 11 is 0. The number of oxime groups is 1. The molecule has 0 heterocycles. The molecule has 19 heavy (non-hydrogen) atoms. The van der Waals surface area contributed by atoms with Crippen molar-refractivity contribution in [2.24, 2.45) is 16.3 Å². The van der Waals surface area contributed by atoms with E-state index in [4.69, 9.17) is 10.9 Å². The second-order valence-corrected chi connectivity index (χ2v) is 5.00. The molecule has 5 nitrogen and oxygen atoms in total. The number of amidine groups is 1. The molecular formula is C14H21N3O2. The fourth-order valence-electron chi connectivity index (χ4n) is 1.88. The van der Waals surface area contributed by atoms with Crippen LogP contribution in [0.25, 0.3) is 0 Å². The van der Waals surface area contributed by atoms with Gasteiger partial charge in [0.05, 0.1) is 0 Å². The molecule has 1 aromatic rings. The number of carbonyl (C=O) groups is 1. The SMILES string of the molecule is CCC(C)(C(=O)Nc1cc(C)cc(C)c1)/C(N)=N/O. The fourth-order valence-corrected chi connectivity index (χ4v) is 1.88. The number of nitrogens with zero attached hydrogens (tertiary/aromatic N) is 1. The minimum atomic E-state index is -1.02. The van der Waals surface area contributed by atoms with Crippen LogP contribution in [0.5, 0.6) is 0 Å². The molecule has 0 aliphatic heterocycles. The normalized spacial score (nSPS) is 14.8. The van der Waals surface area contributed by atoms with E-state index in [2.05, 4.69) is 10.5 Å². The third kappa shape index (κ3) is 3.24. The van der Waals surface area contributed by atoms with Gasteiger partial charge in [-0.3, -0.25) is 4.79 Å². The highest BCUT2D eigenvalue weighted by Gasteiger charge is 2.36. The molecule has 0 saturated carbocycles. The van der Waals surface area contributed by atoms with E-state index in [1.807, 2.05) is 39.0 Å². The zero-order valence-electron chi connectivity index (χ0n) is 11.8. The van der Waals surface area contributed by atoms with Crippen molar-refractivity contribution in [1.82, 2.24) is 0 Å². The van der Waals surface area contributed by atoms with E-state index >= 15 is 0 Å². The second kappa shape index (κ2) is 5.73. The molecule has 0 bridgehead atoms. The van der Waals surface area contributed by atoms with E-state index < -0.39 is 5.41 Å². The van der Waals surface area contributed by atoms with Crippen molar-refractivity contribution >= 4 is 17.4 Å². The van der Waals surface area contributed by atoms with Crippen LogP contribution in [-0.4, -0.2) is 17.0 Å². The summed E-state index contributed by atoms with van der Waals surface area (Å²) in [6.07, 6.45) is 0.444. The zero-order valence-corrected chi connectivity index (χ0v) is 11.8. The summed E-state index contributed by atoms with van der Waals surface area (Å²) in [5.74, 6) is -0.368. The Morgan fingerprint density at radius 1 is 1.37 bits per heavy atom. The van der Waals surface area contributed by atoms with Crippen molar-refractivity contribution in [3.8, 4) is 0 Å². The summed E-state index contributed by atoms with van der Waals surface area (Å²) in [6.45, 7) is 7.40. The Hall–Kier alpha value is -2.04. The summed E-state index contributed by atoms with van der Waals surface area (Å²) in [5, 5.41) is 14.6. The molecule has 0 aliphatic rings. The van der Waals surface area contributed by atoms with Gasteiger partial charge in [0.2, 0.25) is 5.91 Å². The average Bonchev–Trinajstić information content (AvgIpc) is 2.35. The molecule has 1 unspecified atom stereocenters. The first-order valence-corrected chi connectivity index (χ1v) is 6.21. The number of aryl methyl sites for hydroxylation is 2. The lowest BCUT2D eigenvalue weighted by molar-refractivity contribution is -0.121. The van der Waals surface area contributed by atoms with Gasteiger partial charge in [-0.05, 0) is 50.5 Å². The Labute approximate surface area is 113 Å². The third-order valence-electron chi connectivity index (χ3n) is 3.36. The van der Waals surface area contributed by atoms with Crippen LogP contribution in [0.4, 0.5) is 5.69 Å². The third-order valence-corrected chi connectivity index (χ3v) is 3.36. The van der Waals surface area contributed by atoms with Gasteiger partial charge in [-0.15, -0.1) is 0 Å². The molecule has 0 fully saturated rings. The number of hydrogen-bond donors (Lipinski definition) is 3. The Balaban J connectivity index is 3.01. The molecule has 0 radical (unpaired) electrons. The average molecular weight is 263 g/mol. The first-order valence-electron chi connectivity index (χ1n) is 6.21. The largest absolute Gasteiger partial charge is 0.409 e. The number of rotatable bonds is 4. The number of nitrogens with one attached hydrogen (secondary N) is 1. The first kappa shape index (κ1) is 15.0. The maximum atomic E-state index is 12.3. The van der Waals surface area contributed by atoms with Gasteiger partial charge in [-0.1, -0.05) is 18.1 Å². The Morgan fingerprint density at radius 2 is 1.89 bits per heavy atom. The van der Waals surface area contributed by atoms with Crippen molar-refractivity contribution in [2.75, 3.05) is 5.32 Å². The van der Waals surface area contributed by atoms with Crippen LogP contribution in [0.3, 0.4) is 0 Å². The van der Waals surface area contributed by atoms with E-state index in [0.717, 1.165) is 11.1 Å². The van der Waals surface area contributed by atoms with Crippen LogP contribution < -0.4 is 11.1 Å². The molecular weight excluding hydrogens is 242 g/mol. The van der Waals surface area contributed by atoms with E-state index in [1.54, 1.807) is 6.92 Å². The van der Waals surface area contributed by atoms with Gasteiger partial charge < -0.3 is 16.3 Å². The maximum Gasteiger partial charge on any atom is 0.238 e. The lowest BCUT2D eigenvalue weighted by atomic mass is 9.85. The minimum Gasteiger partial charge on any atom is -0.409 e. The van der Waals surface area contributed by atoms with E-state index in [1.165, 1.54) is 0 Å². The summed E-state index contributed by atoms with van der Waals surface area (Å²) < 4.78 is 0. The predicted octanol–water partition coefficient (Wildman–Crippen LogP) is 2.40. The van der Waals surface area contributed by atoms with Crippen LogP contribution in [0.1, 0.15) is 31.4 Å². The highest BCUT2D eigenvalue weighted by atomic mass is 16.4. The van der Waals surface area contributed by atoms with Gasteiger partial charge >= 0.3 is 0 Å². The van der Waals surface area contributed by atoms with E-state index in [-0.39, 0.29) is 11.7 Å². The Kier molecular flexibility index (Phi) is 4.53. The minimum absolute atomic E-state index is 0.0862. The lowest BCUT2D eigenvalue weighted by Crippen LogP contribution is -2.44. The second-order valence-electron chi connectivity index (χ2n) is 5.00. The number of amides is 1. The van der Waals surface area contributed by atoms with Gasteiger partial charge in [0.25, 0.3) is 0 Å². The fraction of sp³-hybridized carbons (Fsp3) is 0.429. The molecule has 0 aromatic heterocycles. The topological polar surface area (TPSA) is 87.7 Å². The van der Waals surface area contributed by atoms with Crippen molar-refractivity contribution in [3.63, 3.8) is 0 Å². The molecule has 0 aliphatic carbocycles. The van der Waals surface area contributed by atoms with Crippen molar-refractivity contribution in [1.29, 1.82) is 0 Å². The molecule has 1 amide bonds. The van der Waals surface area contributed by atoms with Crippen molar-refractivity contribution in [3.05, 3.63) is 29.3 Å². The summed E-state index contributed by atoms with van der Waals surface area (Å²) in [7, 11) is 0. The molecule has 1 rings (SSSR count). The molecule has 1 atom stereocenters. The molecule has 5 heteroatoms. The van der Waals surface area contributed by atoms with Gasteiger partial charge in [0, 0.05) is 5.69 Å².